The van der Waals surface area contributed by atoms with Gasteiger partial charge in [-0.2, -0.15) is 0 Å². The number of aromatic hydroxyl groups is 2. The van der Waals surface area contributed by atoms with Crippen molar-refractivity contribution in [3.05, 3.63) is 118 Å². The summed E-state index contributed by atoms with van der Waals surface area (Å²) in [6.45, 7) is 0.282. The van der Waals surface area contributed by atoms with E-state index in [9.17, 15) is 44.1 Å². The van der Waals surface area contributed by atoms with Crippen LogP contribution in [-0.2, 0) is 22.8 Å². The number of hydrogen-bond acceptors (Lipinski definition) is 13. The van der Waals surface area contributed by atoms with Gasteiger partial charge in [0.05, 0.1) is 28.4 Å². The molecule has 4 rings (SSSR count). The van der Waals surface area contributed by atoms with Gasteiger partial charge in [-0.05, 0) is 85.3 Å². The Balaban J connectivity index is 0.000000364. The Morgan fingerprint density at radius 1 is 0.619 bits per heavy atom. The molecule has 336 valence electrons. The second-order valence-electron chi connectivity index (χ2n) is 13.7. The van der Waals surface area contributed by atoms with Crippen LogP contribution in [-0.4, -0.2) is 85.7 Å². The van der Waals surface area contributed by atoms with Crippen LogP contribution in [0.25, 0.3) is 0 Å². The van der Waals surface area contributed by atoms with Crippen molar-refractivity contribution in [1.29, 1.82) is 10.8 Å². The summed E-state index contributed by atoms with van der Waals surface area (Å²) in [5, 5.41) is 62.3. The molecule has 0 unspecified atom stereocenters. The number of aldehydes is 2. The average Bonchev–Trinajstić information content (AvgIpc) is 3.25. The number of carboxylic acid groups (broad SMARTS) is 3. The van der Waals surface area contributed by atoms with E-state index in [2.05, 4.69) is 5.32 Å². The molecule has 1 amide bonds. The van der Waals surface area contributed by atoms with Crippen molar-refractivity contribution in [2.45, 2.75) is 76.7 Å². The van der Waals surface area contributed by atoms with Gasteiger partial charge in [0.15, 0.2) is 12.6 Å². The van der Waals surface area contributed by atoms with Crippen LogP contribution in [0.15, 0.2) is 84.9 Å². The van der Waals surface area contributed by atoms with E-state index in [1.54, 1.807) is 60.7 Å². The first kappa shape index (κ1) is 51.3. The minimum absolute atomic E-state index is 0.0476. The van der Waals surface area contributed by atoms with E-state index in [0.717, 1.165) is 17.5 Å². The lowest BCUT2D eigenvalue weighted by atomic mass is 10.1. The van der Waals surface area contributed by atoms with Gasteiger partial charge in [-0.15, -0.1) is 0 Å². The molecule has 0 saturated heterocycles. The topological polar surface area (TPSA) is 360 Å². The first-order valence-corrected chi connectivity index (χ1v) is 19.4. The Labute approximate surface area is 362 Å². The van der Waals surface area contributed by atoms with E-state index in [1.165, 1.54) is 24.3 Å². The zero-order valence-electron chi connectivity index (χ0n) is 34.2. The Kier molecular flexibility index (Phi) is 22.1. The van der Waals surface area contributed by atoms with Crippen LogP contribution < -0.4 is 32.0 Å². The highest BCUT2D eigenvalue weighted by atomic mass is 16.5. The first-order chi connectivity index (χ1) is 30.0. The van der Waals surface area contributed by atoms with Gasteiger partial charge in [0, 0.05) is 18.4 Å². The molecule has 0 aliphatic carbocycles. The molecule has 0 aliphatic rings. The van der Waals surface area contributed by atoms with Crippen molar-refractivity contribution in [2.75, 3.05) is 0 Å². The summed E-state index contributed by atoms with van der Waals surface area (Å²) < 4.78 is 11.0. The van der Waals surface area contributed by atoms with Gasteiger partial charge >= 0.3 is 17.9 Å². The number of phenols is 2. The fourth-order valence-electron chi connectivity index (χ4n) is 5.34. The molecule has 0 radical (unpaired) electrons. The number of carbonyl (C=O) groups excluding carboxylic acids is 3. The van der Waals surface area contributed by atoms with Gasteiger partial charge < -0.3 is 57.5 Å². The van der Waals surface area contributed by atoms with E-state index < -0.39 is 35.9 Å². The largest absolute Gasteiger partial charge is 0.507 e. The van der Waals surface area contributed by atoms with Crippen LogP contribution in [0.3, 0.4) is 0 Å². The number of nitrogens with two attached hydrogens (primary N) is 3. The monoisotopic (exact) mass is 872 g/mol. The summed E-state index contributed by atoms with van der Waals surface area (Å²) in [4.78, 5) is 66.7. The number of benzene rings is 4. The molecule has 63 heavy (non-hydrogen) atoms. The molecule has 0 heterocycles. The highest BCUT2D eigenvalue weighted by Gasteiger charge is 2.20. The predicted octanol–water partition coefficient (Wildman–Crippen LogP) is 4.84. The number of rotatable bonds is 23. The van der Waals surface area contributed by atoms with Crippen LogP contribution in [0.5, 0.6) is 23.0 Å². The summed E-state index contributed by atoms with van der Waals surface area (Å²) in [7, 11) is 0. The lowest BCUT2D eigenvalue weighted by Crippen LogP contribution is -2.40. The quantitative estimate of drug-likeness (QED) is 0.0205. The zero-order chi connectivity index (χ0) is 46.9. The van der Waals surface area contributed by atoms with Crippen LogP contribution in [0.2, 0.25) is 0 Å². The number of phenolic OH excluding ortho intramolecular Hbond substituents is 2. The molecule has 0 fully saturated rings. The average molecular weight is 873 g/mol. The molecule has 19 nitrogen and oxygen atoms in total. The molecule has 4 aromatic carbocycles. The summed E-state index contributed by atoms with van der Waals surface area (Å²) in [5.74, 6) is -3.21. The van der Waals surface area contributed by atoms with Crippen molar-refractivity contribution in [3.8, 4) is 23.0 Å². The molecule has 0 saturated carbocycles. The first-order valence-electron chi connectivity index (χ1n) is 19.4. The molecule has 4 aromatic rings. The van der Waals surface area contributed by atoms with Crippen molar-refractivity contribution in [2.24, 2.45) is 17.2 Å². The van der Waals surface area contributed by atoms with E-state index in [0.29, 0.717) is 56.7 Å². The third-order valence-electron chi connectivity index (χ3n) is 8.85. The minimum Gasteiger partial charge on any atom is -0.507 e. The second kappa shape index (κ2) is 27.1. The fourth-order valence-corrected chi connectivity index (χ4v) is 5.34. The molecule has 14 N–H and O–H groups in total. The Morgan fingerprint density at radius 3 is 1.43 bits per heavy atom. The van der Waals surface area contributed by atoms with E-state index in [4.69, 9.17) is 47.7 Å². The maximum Gasteiger partial charge on any atom is 0.335 e. The van der Waals surface area contributed by atoms with Crippen LogP contribution in [0.1, 0.15) is 104 Å². The molecule has 19 heteroatoms. The number of aromatic carboxylic acids is 1. The molecule has 0 aromatic heterocycles. The van der Waals surface area contributed by atoms with Crippen LogP contribution in [0.4, 0.5) is 0 Å². The summed E-state index contributed by atoms with van der Waals surface area (Å²) >= 11 is 0. The zero-order valence-corrected chi connectivity index (χ0v) is 34.2. The summed E-state index contributed by atoms with van der Waals surface area (Å²) in [6.07, 6.45) is 5.16. The van der Waals surface area contributed by atoms with Crippen LogP contribution in [0, 0.1) is 10.8 Å². The van der Waals surface area contributed by atoms with E-state index in [-0.39, 0.29) is 71.0 Å². The molecule has 0 bridgehead atoms. The molecular weight excluding hydrogens is 821 g/mol. The number of hydrogen-bond donors (Lipinski definition) is 11. The number of aliphatic carboxylic acids is 2. The lowest BCUT2D eigenvalue weighted by Gasteiger charge is -2.15. The van der Waals surface area contributed by atoms with E-state index in [1.807, 2.05) is 0 Å². The van der Waals surface area contributed by atoms with Gasteiger partial charge in [0.25, 0.3) is 5.91 Å². The molecule has 0 aliphatic heterocycles. The Hall–Kier alpha value is -7.80. The van der Waals surface area contributed by atoms with Crippen molar-refractivity contribution < 1.29 is 63.8 Å². The van der Waals surface area contributed by atoms with Crippen molar-refractivity contribution in [3.63, 3.8) is 0 Å². The SMILES string of the molecule is N=C(N)CCCC[C@H](N)C(=O)O.N=C(N)CCCC[C@H](NC(=O)c1ccc(COc2cccc(O)c2C=O)cc1)C(=O)O.O=Cc1c(O)cccc1OCc1ccc(C(=O)O)cc1. The lowest BCUT2D eigenvalue weighted by molar-refractivity contribution is -0.140. The van der Waals surface area contributed by atoms with Gasteiger partial charge in [-0.3, -0.25) is 30.0 Å². The fraction of sp³-hybridized carbons (Fsp3) is 0.273. The smallest absolute Gasteiger partial charge is 0.335 e. The molecular formula is C44H52N6O13. The number of carbonyl (C=O) groups is 6. The number of unbranched alkanes of at least 4 members (excludes halogenated alkanes) is 2. The Bertz CT molecular complexity index is 2180. The standard InChI is InChI=1S/C22H25N3O6.C15H12O5.C7H15N3O2/c23-20(24)7-2-1-4-17(22(29)30)25-21(28)15-10-8-14(9-11-15)13-31-19-6-3-5-18(27)16(19)12-26;16-8-12-13(17)2-1-3-14(12)20-9-10-4-6-11(7-5-10)15(18)19;8-5(7(11)12)3-1-2-4-6(9)10/h3,5-6,8-12,17,27H,1-2,4,7,13H2,(H3,23,24)(H,25,28)(H,29,30);1-8,17H,9H2,(H,18,19);5H,1-4,8H2,(H3,9,10)(H,11,12)/t17-;;5-/m0.0/s1. The number of amides is 1. The maximum atomic E-state index is 12.4. The number of amidine groups is 2. The maximum absolute atomic E-state index is 12.4. The predicted molar refractivity (Wildman–Crippen MR) is 231 cm³/mol. The Morgan fingerprint density at radius 2 is 1.05 bits per heavy atom. The molecule has 0 spiro atoms. The summed E-state index contributed by atoms with van der Waals surface area (Å²) in [6, 6.07) is 19.9. The molecule has 2 atom stereocenters. The van der Waals surface area contributed by atoms with Crippen molar-refractivity contribution in [1.82, 2.24) is 5.32 Å². The second-order valence-corrected chi connectivity index (χ2v) is 13.7. The summed E-state index contributed by atoms with van der Waals surface area (Å²) in [5.41, 5.74) is 17.7. The van der Waals surface area contributed by atoms with Crippen molar-refractivity contribution >= 4 is 48.1 Å². The minimum atomic E-state index is -1.13. The van der Waals surface area contributed by atoms with Gasteiger partial charge in [-0.25, -0.2) is 9.59 Å². The van der Waals surface area contributed by atoms with Gasteiger partial charge in [-0.1, -0.05) is 49.2 Å². The number of ether oxygens (including phenoxy) is 2. The normalized spacial score (nSPS) is 11.1. The number of nitrogens with one attached hydrogen (secondary N) is 3. The number of carboxylic acids is 3. The van der Waals surface area contributed by atoms with E-state index >= 15 is 0 Å². The van der Waals surface area contributed by atoms with Crippen LogP contribution >= 0.6 is 0 Å². The van der Waals surface area contributed by atoms with Gasteiger partial charge in [0.2, 0.25) is 0 Å². The third kappa shape index (κ3) is 19.0. The third-order valence-corrected chi connectivity index (χ3v) is 8.85. The van der Waals surface area contributed by atoms with Gasteiger partial charge in [0.1, 0.15) is 48.3 Å². The highest BCUT2D eigenvalue weighted by Crippen LogP contribution is 2.27. The highest BCUT2D eigenvalue weighted by molar-refractivity contribution is 5.96.